The number of pyridine rings is 1. The third-order valence-electron chi connectivity index (χ3n) is 4.24. The van der Waals surface area contributed by atoms with Crippen molar-refractivity contribution < 1.29 is 23.1 Å². The highest BCUT2D eigenvalue weighted by Crippen LogP contribution is 2.40. The summed E-state index contributed by atoms with van der Waals surface area (Å²) >= 11 is 0. The Labute approximate surface area is 139 Å². The van der Waals surface area contributed by atoms with Crippen LogP contribution in [0.25, 0.3) is 0 Å². The van der Waals surface area contributed by atoms with E-state index in [9.17, 15) is 27.9 Å². The maximum Gasteiger partial charge on any atom is 0.394 e. The number of rotatable bonds is 3. The molecule has 2 aromatic rings. The largest absolute Gasteiger partial charge is 0.480 e. The van der Waals surface area contributed by atoms with Crippen LogP contribution < -0.4 is 5.69 Å². The fourth-order valence-electron chi connectivity index (χ4n) is 3.01. The zero-order valence-electron chi connectivity index (χ0n) is 13.2. The molecule has 0 saturated heterocycles. The van der Waals surface area contributed by atoms with Crippen molar-refractivity contribution in [3.05, 3.63) is 45.9 Å². The van der Waals surface area contributed by atoms with Crippen LogP contribution in [0.2, 0.25) is 0 Å². The Morgan fingerprint density at radius 3 is 2.68 bits per heavy atom. The van der Waals surface area contributed by atoms with E-state index in [0.717, 1.165) is 10.2 Å². The average Bonchev–Trinajstić information content (AvgIpc) is 2.84. The van der Waals surface area contributed by atoms with Crippen molar-refractivity contribution in [3.63, 3.8) is 0 Å². The first kappa shape index (κ1) is 17.2. The zero-order valence-corrected chi connectivity index (χ0v) is 13.2. The molecule has 2 unspecified atom stereocenters. The summed E-state index contributed by atoms with van der Waals surface area (Å²) in [5, 5.41) is 13.3. The van der Waals surface area contributed by atoms with Crippen LogP contribution in [0.1, 0.15) is 29.5 Å². The molecule has 1 aliphatic heterocycles. The molecule has 0 spiro atoms. The number of carboxylic acid groups (broad SMARTS) is 1. The normalized spacial score (nSPS) is 20.3. The van der Waals surface area contributed by atoms with Crippen LogP contribution in [0.15, 0.2) is 23.1 Å². The van der Waals surface area contributed by atoms with Gasteiger partial charge in [0.15, 0.2) is 0 Å². The first-order chi connectivity index (χ1) is 11.7. The number of aromatic nitrogens is 4. The molecule has 0 bridgehead atoms. The van der Waals surface area contributed by atoms with Crippen molar-refractivity contribution in [2.45, 2.75) is 38.5 Å². The lowest BCUT2D eigenvalue weighted by atomic mass is 9.90. The summed E-state index contributed by atoms with van der Waals surface area (Å²) in [7, 11) is 0. The van der Waals surface area contributed by atoms with Crippen LogP contribution in [0, 0.1) is 12.8 Å². The van der Waals surface area contributed by atoms with Crippen molar-refractivity contribution in [1.82, 2.24) is 19.3 Å². The number of aryl methyl sites for hydroxylation is 2. The lowest BCUT2D eigenvalue weighted by Crippen LogP contribution is -2.44. The minimum atomic E-state index is -4.71. The van der Waals surface area contributed by atoms with Crippen LogP contribution in [-0.4, -0.2) is 36.6 Å². The van der Waals surface area contributed by atoms with E-state index in [4.69, 9.17) is 0 Å². The third-order valence-corrected chi connectivity index (χ3v) is 4.24. The fourth-order valence-corrected chi connectivity index (χ4v) is 3.01. The Morgan fingerprint density at radius 2 is 2.12 bits per heavy atom. The number of hydrogen-bond acceptors (Lipinski definition) is 4. The van der Waals surface area contributed by atoms with E-state index in [2.05, 4.69) is 10.1 Å². The average molecular weight is 356 g/mol. The zero-order chi connectivity index (χ0) is 18.4. The minimum absolute atomic E-state index is 0.0395. The Bertz CT molecular complexity index is 854. The maximum absolute atomic E-state index is 13.2. The van der Waals surface area contributed by atoms with Gasteiger partial charge in [0.05, 0.1) is 18.2 Å². The van der Waals surface area contributed by atoms with E-state index in [-0.39, 0.29) is 18.8 Å². The summed E-state index contributed by atoms with van der Waals surface area (Å²) in [6, 6.07) is 1.45. The molecular weight excluding hydrogens is 341 g/mol. The summed E-state index contributed by atoms with van der Waals surface area (Å²) < 4.78 is 41.1. The number of nitrogens with zero attached hydrogens (tertiary/aromatic N) is 4. The van der Waals surface area contributed by atoms with E-state index in [1.807, 2.05) is 6.92 Å². The number of hydrogen-bond donors (Lipinski definition) is 1. The van der Waals surface area contributed by atoms with Crippen LogP contribution >= 0.6 is 0 Å². The van der Waals surface area contributed by atoms with Crippen molar-refractivity contribution in [3.8, 4) is 0 Å². The highest BCUT2D eigenvalue weighted by Gasteiger charge is 2.51. The molecule has 0 aliphatic carbocycles. The summed E-state index contributed by atoms with van der Waals surface area (Å²) in [6.45, 7) is 1.80. The summed E-state index contributed by atoms with van der Waals surface area (Å²) in [5.41, 5.74) is 0.542. The van der Waals surface area contributed by atoms with Gasteiger partial charge < -0.3 is 5.11 Å². The van der Waals surface area contributed by atoms with Crippen molar-refractivity contribution in [1.29, 1.82) is 0 Å². The van der Waals surface area contributed by atoms with Gasteiger partial charge in [0.1, 0.15) is 11.9 Å². The molecule has 7 nitrogen and oxygen atoms in total. The molecule has 0 amide bonds. The Morgan fingerprint density at radius 1 is 1.40 bits per heavy atom. The van der Waals surface area contributed by atoms with Gasteiger partial charge in [-0.1, -0.05) is 6.07 Å². The molecular formula is C15H15F3N4O3. The van der Waals surface area contributed by atoms with E-state index < -0.39 is 36.2 Å². The van der Waals surface area contributed by atoms with Crippen LogP contribution in [0.5, 0.6) is 0 Å². The second kappa shape index (κ2) is 6.01. The quantitative estimate of drug-likeness (QED) is 0.901. The molecule has 3 heterocycles. The molecule has 2 atom stereocenters. The van der Waals surface area contributed by atoms with E-state index in [0.29, 0.717) is 10.3 Å². The molecule has 3 rings (SSSR count). The van der Waals surface area contributed by atoms with Gasteiger partial charge in [-0.15, -0.1) is 0 Å². The molecule has 134 valence electrons. The first-order valence-corrected chi connectivity index (χ1v) is 7.57. The number of alkyl halides is 3. The second-order valence-corrected chi connectivity index (χ2v) is 6.02. The number of carbonyl (C=O) groups is 1. The fraction of sp³-hybridized carbons (Fsp3) is 0.467. The van der Waals surface area contributed by atoms with Gasteiger partial charge in [-0.25, -0.2) is 14.3 Å². The standard InChI is InChI=1S/C15H15F3N4O3/c1-8-2-3-9(19-6-8)7-21-14(25)22-11(20-21)5-4-10(15(16,17)18)12(22)13(23)24/h2-3,6,10,12H,4-5,7H2,1H3,(H,23,24). The molecule has 10 heteroatoms. The molecule has 1 N–H and O–H groups in total. The van der Waals surface area contributed by atoms with Gasteiger partial charge in [0.2, 0.25) is 0 Å². The third kappa shape index (κ3) is 3.15. The number of halogens is 3. The highest BCUT2D eigenvalue weighted by molar-refractivity contribution is 5.72. The van der Waals surface area contributed by atoms with Gasteiger partial charge in [0, 0.05) is 12.6 Å². The maximum atomic E-state index is 13.2. The number of aliphatic carboxylic acids is 1. The molecule has 25 heavy (non-hydrogen) atoms. The Hall–Kier alpha value is -2.65. The number of carboxylic acids is 1. The summed E-state index contributed by atoms with van der Waals surface area (Å²) in [5.74, 6) is -3.77. The topological polar surface area (TPSA) is 90.0 Å². The lowest BCUT2D eigenvalue weighted by molar-refractivity contribution is -0.198. The van der Waals surface area contributed by atoms with E-state index in [1.165, 1.54) is 0 Å². The Balaban J connectivity index is 2.01. The highest BCUT2D eigenvalue weighted by atomic mass is 19.4. The molecule has 2 aromatic heterocycles. The SMILES string of the molecule is Cc1ccc(Cn2nc3n(c2=O)C(C(=O)O)C(C(F)(F)F)CC3)nc1. The van der Waals surface area contributed by atoms with Crippen LogP contribution in [0.4, 0.5) is 13.2 Å². The van der Waals surface area contributed by atoms with Gasteiger partial charge in [-0.05, 0) is 25.0 Å². The van der Waals surface area contributed by atoms with Crippen molar-refractivity contribution >= 4 is 5.97 Å². The van der Waals surface area contributed by atoms with Gasteiger partial charge in [-0.3, -0.25) is 9.55 Å². The van der Waals surface area contributed by atoms with Crippen molar-refractivity contribution in [2.24, 2.45) is 5.92 Å². The van der Waals surface area contributed by atoms with E-state index in [1.54, 1.807) is 18.3 Å². The van der Waals surface area contributed by atoms with Crippen LogP contribution in [0.3, 0.4) is 0 Å². The smallest absolute Gasteiger partial charge is 0.394 e. The van der Waals surface area contributed by atoms with Gasteiger partial charge in [0.25, 0.3) is 0 Å². The number of fused-ring (bicyclic) bond motifs is 1. The lowest BCUT2D eigenvalue weighted by Gasteiger charge is -2.30. The van der Waals surface area contributed by atoms with Crippen LogP contribution in [-0.2, 0) is 17.8 Å². The first-order valence-electron chi connectivity index (χ1n) is 7.57. The molecule has 0 fully saturated rings. The minimum Gasteiger partial charge on any atom is -0.480 e. The van der Waals surface area contributed by atoms with Crippen molar-refractivity contribution in [2.75, 3.05) is 0 Å². The van der Waals surface area contributed by atoms with Gasteiger partial charge >= 0.3 is 17.8 Å². The molecule has 0 saturated carbocycles. The monoisotopic (exact) mass is 356 g/mol. The summed E-state index contributed by atoms with van der Waals surface area (Å²) in [4.78, 5) is 28.0. The summed E-state index contributed by atoms with van der Waals surface area (Å²) in [6.07, 6.45) is -3.64. The molecule has 0 aromatic carbocycles. The predicted molar refractivity (Wildman–Crippen MR) is 79.1 cm³/mol. The molecule has 0 radical (unpaired) electrons. The second-order valence-electron chi connectivity index (χ2n) is 6.02. The van der Waals surface area contributed by atoms with Gasteiger partial charge in [-0.2, -0.15) is 18.3 Å². The molecule has 1 aliphatic rings. The van der Waals surface area contributed by atoms with E-state index >= 15 is 0 Å². The predicted octanol–water partition coefficient (Wildman–Crippen LogP) is 1.55. The Kier molecular flexibility index (Phi) is 4.13.